The maximum absolute atomic E-state index is 12.1. The summed E-state index contributed by atoms with van der Waals surface area (Å²) < 4.78 is 51.6. The Morgan fingerprint density at radius 2 is 1.82 bits per heavy atom. The summed E-state index contributed by atoms with van der Waals surface area (Å²) in [6.45, 7) is 1.01. The number of halogens is 4. The molecular weight excluding hydrogens is 490 g/mol. The Morgan fingerprint density at radius 1 is 1.14 bits per heavy atom. The van der Waals surface area contributed by atoms with Gasteiger partial charge in [0.2, 0.25) is 0 Å². The third-order valence-corrected chi connectivity index (χ3v) is 3.67. The highest BCUT2D eigenvalue weighted by Gasteiger charge is 2.30. The van der Waals surface area contributed by atoms with E-state index in [2.05, 4.69) is 15.0 Å². The highest BCUT2D eigenvalue weighted by molar-refractivity contribution is 14.0. The van der Waals surface area contributed by atoms with Crippen LogP contribution in [0.15, 0.2) is 53.5 Å². The third-order valence-electron chi connectivity index (χ3n) is 3.67. The minimum Gasteiger partial charge on any atom is -0.486 e. The lowest BCUT2D eigenvalue weighted by Gasteiger charge is -2.26. The lowest BCUT2D eigenvalue weighted by molar-refractivity contribution is -0.274. The van der Waals surface area contributed by atoms with Gasteiger partial charge in [-0.2, -0.15) is 0 Å². The van der Waals surface area contributed by atoms with E-state index in [1.165, 1.54) is 24.3 Å². The highest BCUT2D eigenvalue weighted by atomic mass is 127. The summed E-state index contributed by atoms with van der Waals surface area (Å²) in [5, 5.41) is 2.95. The Bertz CT molecular complexity index is 801. The van der Waals surface area contributed by atoms with E-state index >= 15 is 0 Å². The first kappa shape index (κ1) is 21.9. The van der Waals surface area contributed by atoms with Crippen molar-refractivity contribution in [2.24, 2.45) is 10.7 Å². The molecule has 1 aliphatic rings. The summed E-state index contributed by atoms with van der Waals surface area (Å²) >= 11 is 0. The molecule has 1 atom stereocenters. The number of hydrogen-bond acceptors (Lipinski definition) is 4. The first-order chi connectivity index (χ1) is 12.9. The molecule has 28 heavy (non-hydrogen) atoms. The Labute approximate surface area is 176 Å². The van der Waals surface area contributed by atoms with E-state index in [1.807, 2.05) is 24.3 Å². The molecule has 10 heteroatoms. The number of fused-ring (bicyclic) bond motifs is 1. The molecule has 2 aromatic rings. The lowest BCUT2D eigenvalue weighted by Crippen LogP contribution is -2.43. The van der Waals surface area contributed by atoms with E-state index in [1.54, 1.807) is 0 Å². The first-order valence-corrected chi connectivity index (χ1v) is 8.16. The van der Waals surface area contributed by atoms with E-state index in [4.69, 9.17) is 15.2 Å². The Kier molecular flexibility index (Phi) is 7.61. The maximum Gasteiger partial charge on any atom is 0.573 e. The van der Waals surface area contributed by atoms with E-state index in [-0.39, 0.29) is 48.3 Å². The second kappa shape index (κ2) is 9.71. The molecule has 0 bridgehead atoms. The Hall–Kier alpha value is -2.37. The average molecular weight is 509 g/mol. The lowest BCUT2D eigenvalue weighted by atomic mass is 10.2. The number of nitrogens with zero attached hydrogens (tertiary/aromatic N) is 1. The molecule has 152 valence electrons. The molecule has 0 saturated carbocycles. The van der Waals surface area contributed by atoms with Crippen molar-refractivity contribution in [3.63, 3.8) is 0 Å². The van der Waals surface area contributed by atoms with Gasteiger partial charge < -0.3 is 25.3 Å². The van der Waals surface area contributed by atoms with Gasteiger partial charge in [-0.15, -0.1) is 37.1 Å². The predicted octanol–water partition coefficient (Wildman–Crippen LogP) is 3.45. The summed E-state index contributed by atoms with van der Waals surface area (Å²) in [7, 11) is 0. The molecule has 1 aliphatic heterocycles. The number of guanidine groups is 1. The molecule has 0 aliphatic carbocycles. The number of alkyl halides is 3. The van der Waals surface area contributed by atoms with Gasteiger partial charge in [0.25, 0.3) is 0 Å². The number of rotatable bonds is 5. The Morgan fingerprint density at radius 3 is 2.50 bits per heavy atom. The van der Waals surface area contributed by atoms with E-state index in [0.29, 0.717) is 30.2 Å². The molecule has 0 amide bonds. The van der Waals surface area contributed by atoms with Crippen LogP contribution in [0.3, 0.4) is 0 Å². The number of para-hydroxylation sites is 2. The van der Waals surface area contributed by atoms with Crippen molar-refractivity contribution in [3.05, 3.63) is 54.1 Å². The molecule has 0 radical (unpaired) electrons. The summed E-state index contributed by atoms with van der Waals surface area (Å²) in [6, 6.07) is 12.8. The molecule has 6 nitrogen and oxygen atoms in total. The Balaban J connectivity index is 0.00000280. The van der Waals surface area contributed by atoms with E-state index in [0.717, 1.165) is 0 Å². The van der Waals surface area contributed by atoms with Crippen molar-refractivity contribution in [2.45, 2.75) is 19.0 Å². The zero-order chi connectivity index (χ0) is 19.3. The van der Waals surface area contributed by atoms with Gasteiger partial charge in [-0.1, -0.05) is 24.3 Å². The van der Waals surface area contributed by atoms with Crippen molar-refractivity contribution in [1.82, 2.24) is 5.32 Å². The monoisotopic (exact) mass is 509 g/mol. The second-order valence-corrected chi connectivity index (χ2v) is 5.77. The molecule has 0 fully saturated rings. The van der Waals surface area contributed by atoms with Gasteiger partial charge in [0.05, 0.1) is 13.1 Å². The third kappa shape index (κ3) is 6.66. The quantitative estimate of drug-likeness (QED) is 0.367. The van der Waals surface area contributed by atoms with Crippen molar-refractivity contribution >= 4 is 29.9 Å². The van der Waals surface area contributed by atoms with Gasteiger partial charge in [0, 0.05) is 0 Å². The molecule has 0 spiro atoms. The number of hydrogen-bond donors (Lipinski definition) is 2. The number of nitrogens with one attached hydrogen (secondary N) is 1. The molecule has 1 unspecified atom stereocenters. The number of aliphatic imine (C=N–C) groups is 1. The van der Waals surface area contributed by atoms with Crippen LogP contribution >= 0.6 is 24.0 Å². The van der Waals surface area contributed by atoms with Crippen LogP contribution in [0.4, 0.5) is 13.2 Å². The predicted molar refractivity (Wildman–Crippen MR) is 108 cm³/mol. The van der Waals surface area contributed by atoms with Gasteiger partial charge in [-0.05, 0) is 29.8 Å². The first-order valence-electron chi connectivity index (χ1n) is 8.16. The fraction of sp³-hybridized carbons (Fsp3) is 0.278. The van der Waals surface area contributed by atoms with Gasteiger partial charge in [-0.25, -0.2) is 4.99 Å². The van der Waals surface area contributed by atoms with Crippen LogP contribution in [-0.4, -0.2) is 31.6 Å². The smallest absolute Gasteiger partial charge is 0.486 e. The van der Waals surface area contributed by atoms with Crippen LogP contribution in [0.5, 0.6) is 17.2 Å². The zero-order valence-corrected chi connectivity index (χ0v) is 16.9. The van der Waals surface area contributed by atoms with Crippen LogP contribution < -0.4 is 25.3 Å². The van der Waals surface area contributed by atoms with Crippen molar-refractivity contribution in [2.75, 3.05) is 13.2 Å². The number of ether oxygens (including phenoxy) is 3. The zero-order valence-electron chi connectivity index (χ0n) is 14.6. The minimum atomic E-state index is -4.71. The molecule has 0 aromatic heterocycles. The summed E-state index contributed by atoms with van der Waals surface area (Å²) in [5.41, 5.74) is 6.51. The highest BCUT2D eigenvalue weighted by Crippen LogP contribution is 2.30. The molecule has 3 N–H and O–H groups in total. The van der Waals surface area contributed by atoms with E-state index < -0.39 is 6.36 Å². The van der Waals surface area contributed by atoms with Crippen LogP contribution in [0.25, 0.3) is 0 Å². The summed E-state index contributed by atoms with van der Waals surface area (Å²) in [4.78, 5) is 4.15. The van der Waals surface area contributed by atoms with Gasteiger partial charge >= 0.3 is 6.36 Å². The number of benzene rings is 2. The second-order valence-electron chi connectivity index (χ2n) is 5.77. The SMILES string of the molecule is I.NC(=NCc1ccc(OC(F)(F)F)cc1)NCC1COc2ccccc2O1. The van der Waals surface area contributed by atoms with Gasteiger partial charge in [-0.3, -0.25) is 0 Å². The van der Waals surface area contributed by atoms with Gasteiger partial charge in [0.15, 0.2) is 17.5 Å². The minimum absolute atomic E-state index is 0. The van der Waals surface area contributed by atoms with Crippen LogP contribution in [0.2, 0.25) is 0 Å². The fourth-order valence-electron chi connectivity index (χ4n) is 2.41. The van der Waals surface area contributed by atoms with Crippen molar-refractivity contribution in [3.8, 4) is 17.2 Å². The van der Waals surface area contributed by atoms with Gasteiger partial charge in [0.1, 0.15) is 18.5 Å². The van der Waals surface area contributed by atoms with Crippen LogP contribution in [-0.2, 0) is 6.54 Å². The normalized spacial score (nSPS) is 16.1. The topological polar surface area (TPSA) is 78.1 Å². The van der Waals surface area contributed by atoms with Crippen LogP contribution in [0.1, 0.15) is 5.56 Å². The maximum atomic E-state index is 12.1. The molecule has 2 aromatic carbocycles. The molecular formula is C18H19F3IN3O3. The van der Waals surface area contributed by atoms with Crippen molar-refractivity contribution in [1.29, 1.82) is 0 Å². The number of nitrogens with two attached hydrogens (primary N) is 1. The molecule has 1 heterocycles. The summed E-state index contributed by atoms with van der Waals surface area (Å²) in [6.07, 6.45) is -4.92. The largest absolute Gasteiger partial charge is 0.573 e. The van der Waals surface area contributed by atoms with Crippen LogP contribution in [0, 0.1) is 0 Å². The van der Waals surface area contributed by atoms with Crippen molar-refractivity contribution < 1.29 is 27.4 Å². The standard InChI is InChI=1S/C18H18F3N3O3.HI/c19-18(20,21)27-13-7-5-12(6-8-13)9-23-17(22)24-10-14-11-25-15-3-1-2-4-16(15)26-14;/h1-8,14H,9-11H2,(H3,22,23,24);1H. The summed E-state index contributed by atoms with van der Waals surface area (Å²) in [5.74, 6) is 1.30. The average Bonchev–Trinajstić information content (AvgIpc) is 2.64. The van der Waals surface area contributed by atoms with E-state index in [9.17, 15) is 13.2 Å². The molecule has 0 saturated heterocycles. The fourth-order valence-corrected chi connectivity index (χ4v) is 2.41. The molecule has 3 rings (SSSR count).